The van der Waals surface area contributed by atoms with Gasteiger partial charge in [0, 0.05) is 31.8 Å². The predicted octanol–water partition coefficient (Wildman–Crippen LogP) is 2.04. The van der Waals surface area contributed by atoms with Crippen LogP contribution in [0.25, 0.3) is 0 Å². The van der Waals surface area contributed by atoms with Crippen molar-refractivity contribution in [3.05, 3.63) is 81.0 Å². The number of β-lactam (4-membered cyclic amide) rings is 1. The van der Waals surface area contributed by atoms with Gasteiger partial charge in [-0.2, -0.15) is 8.42 Å². The van der Waals surface area contributed by atoms with E-state index in [1.165, 1.54) is 47.6 Å². The third-order valence-electron chi connectivity index (χ3n) is 5.78. The molecule has 2 aliphatic rings. The number of aliphatic imine (C=N–C) groups is 1. The van der Waals surface area contributed by atoms with Gasteiger partial charge in [0.2, 0.25) is 5.37 Å². The van der Waals surface area contributed by atoms with E-state index in [1.54, 1.807) is 38.1 Å². The van der Waals surface area contributed by atoms with Gasteiger partial charge in [0.25, 0.3) is 21.7 Å². The molecule has 15 heteroatoms. The summed E-state index contributed by atoms with van der Waals surface area (Å²) >= 11 is -1.36. The van der Waals surface area contributed by atoms with Crippen molar-refractivity contribution in [2.75, 3.05) is 19.8 Å². The van der Waals surface area contributed by atoms with Gasteiger partial charge in [-0.3, -0.25) is 29.4 Å². The summed E-state index contributed by atoms with van der Waals surface area (Å²) in [4.78, 5) is 42.4. The van der Waals surface area contributed by atoms with Crippen LogP contribution in [-0.2, 0) is 42.2 Å². The van der Waals surface area contributed by atoms with Gasteiger partial charge in [-0.25, -0.2) is 4.79 Å². The van der Waals surface area contributed by atoms with Crippen LogP contribution >= 0.6 is 0 Å². The van der Waals surface area contributed by atoms with E-state index in [0.717, 1.165) is 5.56 Å². The zero-order valence-electron chi connectivity index (χ0n) is 22.1. The Labute approximate surface area is 234 Å². The largest absolute Gasteiger partial charge is 0.614 e. The summed E-state index contributed by atoms with van der Waals surface area (Å²) in [6.07, 6.45) is 1.48. The van der Waals surface area contributed by atoms with Crippen LogP contribution in [0, 0.1) is 17.0 Å². The molecule has 0 aromatic heterocycles. The number of non-ortho nitro benzene ring substituents is 1. The number of nitrogens with zero attached hydrogens (tertiary/aromatic N) is 4. The average Bonchev–Trinajstić information content (AvgIpc) is 2.87. The third-order valence-corrected chi connectivity index (χ3v) is 8.37. The molecule has 0 bridgehead atoms. The molecule has 0 aliphatic carbocycles. The summed E-state index contributed by atoms with van der Waals surface area (Å²) in [6.45, 7) is 3.37. The molecular formula is C25H28N4O9S2. The zero-order valence-corrected chi connectivity index (χ0v) is 23.7. The van der Waals surface area contributed by atoms with Gasteiger partial charge in [-0.15, -0.1) is 0 Å². The number of hydrogen-bond donors (Lipinski definition) is 1. The molecule has 1 fully saturated rings. The maximum atomic E-state index is 12.6. The lowest BCUT2D eigenvalue weighted by atomic mass is 10.0. The fourth-order valence-corrected chi connectivity index (χ4v) is 5.91. The lowest BCUT2D eigenvalue weighted by Crippen LogP contribution is -2.69. The number of esters is 1. The highest BCUT2D eigenvalue weighted by molar-refractivity contribution is 7.92. The van der Waals surface area contributed by atoms with Gasteiger partial charge in [0.15, 0.2) is 6.04 Å². The highest BCUT2D eigenvalue weighted by atomic mass is 32.2. The first-order valence-electron chi connectivity index (χ1n) is 11.7. The van der Waals surface area contributed by atoms with Crippen molar-refractivity contribution in [2.24, 2.45) is 4.99 Å². The number of carbonyl (C=O) groups is 2. The summed E-state index contributed by atoms with van der Waals surface area (Å²) in [5.41, 5.74) is 2.07. The lowest BCUT2D eigenvalue weighted by molar-refractivity contribution is -0.384. The highest BCUT2D eigenvalue weighted by Crippen LogP contribution is 2.38. The second-order valence-corrected chi connectivity index (χ2v) is 12.2. The van der Waals surface area contributed by atoms with Crippen molar-refractivity contribution in [1.82, 2.24) is 9.80 Å². The summed E-state index contributed by atoms with van der Waals surface area (Å²) < 4.78 is 47.3. The molecule has 13 nitrogen and oxygen atoms in total. The van der Waals surface area contributed by atoms with E-state index < -0.39 is 49.5 Å². The number of rotatable bonds is 7. The molecule has 0 radical (unpaired) electrons. The Morgan fingerprint density at radius 3 is 2.33 bits per heavy atom. The van der Waals surface area contributed by atoms with Crippen molar-refractivity contribution in [3.8, 4) is 0 Å². The molecule has 0 unspecified atom stereocenters. The minimum absolute atomic E-state index is 0.0632. The fraction of sp³-hybridized carbons (Fsp3) is 0.320. The number of fused-ring (bicyclic) bond motifs is 1. The molecule has 40 heavy (non-hydrogen) atoms. The van der Waals surface area contributed by atoms with Crippen LogP contribution in [0.5, 0.6) is 0 Å². The SMILES string of the molecule is CC1=C(C(=O)OCc2ccc([N+](=O)[O-])cc2)N2C(=O)[C@H](N=CN(C)C)[C@@H]2[S@+]([O-])C1.Cc1ccc(S(=O)(=O)O)cc1. The first kappa shape index (κ1) is 30.7. The van der Waals surface area contributed by atoms with Crippen LogP contribution in [0.15, 0.2) is 69.7 Å². The molecule has 2 heterocycles. The lowest BCUT2D eigenvalue weighted by Gasteiger charge is -2.47. The molecule has 214 valence electrons. The Morgan fingerprint density at radius 1 is 1.20 bits per heavy atom. The molecule has 1 saturated heterocycles. The number of ether oxygens (including phenoxy) is 1. The van der Waals surface area contributed by atoms with E-state index in [2.05, 4.69) is 4.99 Å². The van der Waals surface area contributed by atoms with Gasteiger partial charge < -0.3 is 14.2 Å². The topological polar surface area (TPSA) is 183 Å². The Hall–Kier alpha value is -3.79. The maximum Gasteiger partial charge on any atom is 0.355 e. The Balaban J connectivity index is 0.000000336. The summed E-state index contributed by atoms with van der Waals surface area (Å²) in [7, 11) is -0.505. The normalized spacial score (nSPS) is 20.3. The molecule has 2 aliphatic heterocycles. The zero-order chi connectivity index (χ0) is 29.8. The van der Waals surface area contributed by atoms with Crippen LogP contribution < -0.4 is 0 Å². The van der Waals surface area contributed by atoms with Gasteiger partial charge in [0.1, 0.15) is 18.1 Å². The molecule has 2 aromatic carbocycles. The van der Waals surface area contributed by atoms with Crippen LogP contribution in [0.3, 0.4) is 0 Å². The Bertz CT molecular complexity index is 1440. The van der Waals surface area contributed by atoms with Crippen molar-refractivity contribution >= 4 is 45.2 Å². The van der Waals surface area contributed by atoms with Crippen LogP contribution in [-0.4, -0.2) is 81.7 Å². The van der Waals surface area contributed by atoms with Gasteiger partial charge in [0.05, 0.1) is 16.2 Å². The number of hydrogen-bond acceptors (Lipinski definition) is 9. The molecule has 1 N–H and O–H groups in total. The van der Waals surface area contributed by atoms with Gasteiger partial charge >= 0.3 is 5.97 Å². The van der Waals surface area contributed by atoms with E-state index in [9.17, 15) is 32.7 Å². The fourth-order valence-electron chi connectivity index (χ4n) is 3.78. The number of nitro benzene ring substituents is 1. The van der Waals surface area contributed by atoms with Crippen molar-refractivity contribution < 1.29 is 36.8 Å². The standard InChI is InChI=1S/C18H20N4O6S.C7H8O3S/c1-11-9-29(27)17-14(19-10-20(2)3)16(23)21(17)15(11)18(24)28-8-12-4-6-13(7-5-12)22(25)26;1-6-2-4-7(5-3-6)11(8,9)10/h4-7,10,14,17H,8-9H2,1-3H3;2-5H,1H3,(H,8,9,10)/t14-,17-,29+;/m0./s1. The number of aryl methyl sites for hydroxylation is 1. The molecule has 0 saturated carbocycles. The Morgan fingerprint density at radius 2 is 1.80 bits per heavy atom. The monoisotopic (exact) mass is 592 g/mol. The molecule has 0 spiro atoms. The highest BCUT2D eigenvalue weighted by Gasteiger charge is 2.60. The predicted molar refractivity (Wildman–Crippen MR) is 146 cm³/mol. The van der Waals surface area contributed by atoms with Crippen LogP contribution in [0.1, 0.15) is 18.1 Å². The molecule has 2 aromatic rings. The summed E-state index contributed by atoms with van der Waals surface area (Å²) in [5, 5.41) is 10.0. The van der Waals surface area contributed by atoms with E-state index in [-0.39, 0.29) is 28.6 Å². The van der Waals surface area contributed by atoms with Crippen molar-refractivity contribution in [1.29, 1.82) is 0 Å². The molecule has 1 amide bonds. The second-order valence-electron chi connectivity index (χ2n) is 9.21. The number of amides is 1. The van der Waals surface area contributed by atoms with Crippen molar-refractivity contribution in [2.45, 2.75) is 36.8 Å². The van der Waals surface area contributed by atoms with E-state index in [1.807, 2.05) is 6.92 Å². The van der Waals surface area contributed by atoms with Gasteiger partial charge in [-0.05, 0) is 54.9 Å². The second kappa shape index (κ2) is 12.6. The Kier molecular flexibility index (Phi) is 9.68. The van der Waals surface area contributed by atoms with E-state index in [4.69, 9.17) is 9.29 Å². The number of benzene rings is 2. The molecular weight excluding hydrogens is 564 g/mol. The van der Waals surface area contributed by atoms with E-state index in [0.29, 0.717) is 11.1 Å². The van der Waals surface area contributed by atoms with E-state index >= 15 is 0 Å². The minimum atomic E-state index is -4.02. The first-order valence-corrected chi connectivity index (χ1v) is 14.6. The number of carbonyl (C=O) groups excluding carboxylic acids is 2. The summed E-state index contributed by atoms with van der Waals surface area (Å²) in [6, 6.07) is 10.8. The van der Waals surface area contributed by atoms with Crippen LogP contribution in [0.2, 0.25) is 0 Å². The third kappa shape index (κ3) is 7.24. The summed E-state index contributed by atoms with van der Waals surface area (Å²) in [5.74, 6) is -0.946. The number of nitro groups is 1. The molecule has 4 rings (SSSR count). The smallest absolute Gasteiger partial charge is 0.355 e. The van der Waals surface area contributed by atoms with Crippen molar-refractivity contribution in [3.63, 3.8) is 0 Å². The van der Waals surface area contributed by atoms with Gasteiger partial charge in [-0.1, -0.05) is 17.7 Å². The maximum absolute atomic E-state index is 12.6. The molecule has 3 atom stereocenters. The minimum Gasteiger partial charge on any atom is -0.614 e. The quantitative estimate of drug-likeness (QED) is 0.0730. The van der Waals surface area contributed by atoms with Crippen LogP contribution in [0.4, 0.5) is 5.69 Å². The average molecular weight is 593 g/mol. The first-order chi connectivity index (χ1) is 18.7.